The molecule has 106 valence electrons. The second-order valence-electron chi connectivity index (χ2n) is 5.61. The number of piperidine rings is 1. The fourth-order valence-corrected chi connectivity index (χ4v) is 3.10. The summed E-state index contributed by atoms with van der Waals surface area (Å²) >= 11 is 0. The lowest BCUT2D eigenvalue weighted by Gasteiger charge is -2.45. The van der Waals surface area contributed by atoms with E-state index in [1.165, 1.54) is 12.8 Å². The molecule has 0 aromatic carbocycles. The summed E-state index contributed by atoms with van der Waals surface area (Å²) < 4.78 is 1.97. The number of hydrogen-bond donors (Lipinski definition) is 1. The normalized spacial score (nSPS) is 23.7. The fourth-order valence-electron chi connectivity index (χ4n) is 3.10. The van der Waals surface area contributed by atoms with Crippen molar-refractivity contribution < 1.29 is 5.11 Å². The van der Waals surface area contributed by atoms with Gasteiger partial charge in [-0.05, 0) is 19.8 Å². The third-order valence-corrected chi connectivity index (χ3v) is 4.32. The van der Waals surface area contributed by atoms with Crippen LogP contribution in [0.15, 0.2) is 6.33 Å². The third-order valence-electron chi connectivity index (χ3n) is 4.32. The summed E-state index contributed by atoms with van der Waals surface area (Å²) in [5, 5.41) is 13.6. The van der Waals surface area contributed by atoms with E-state index in [1.807, 2.05) is 4.68 Å². The molecule has 1 N–H and O–H groups in total. The Kier molecular flexibility index (Phi) is 3.81. The SMILES string of the molecule is CCn1ncnc1CN1CCC(N2CC(O)C2)CC1. The van der Waals surface area contributed by atoms with Gasteiger partial charge in [0.15, 0.2) is 0 Å². The number of aryl methyl sites for hydroxylation is 1. The van der Waals surface area contributed by atoms with Crippen molar-refractivity contribution in [1.82, 2.24) is 24.6 Å². The van der Waals surface area contributed by atoms with Crippen LogP contribution in [0.1, 0.15) is 25.6 Å². The quantitative estimate of drug-likeness (QED) is 0.826. The molecule has 2 saturated heterocycles. The van der Waals surface area contributed by atoms with Crippen molar-refractivity contribution in [2.45, 2.75) is 45.0 Å². The Labute approximate surface area is 114 Å². The smallest absolute Gasteiger partial charge is 0.140 e. The van der Waals surface area contributed by atoms with Gasteiger partial charge in [0.25, 0.3) is 0 Å². The predicted octanol–water partition coefficient (Wildman–Crippen LogP) is -0.0611. The molecule has 0 atom stereocenters. The average Bonchev–Trinajstić information content (AvgIpc) is 2.83. The minimum absolute atomic E-state index is 0.0823. The molecule has 1 aromatic heterocycles. The van der Waals surface area contributed by atoms with Crippen LogP contribution in [0.3, 0.4) is 0 Å². The second kappa shape index (κ2) is 5.56. The molecule has 3 rings (SSSR count). The highest BCUT2D eigenvalue weighted by atomic mass is 16.3. The summed E-state index contributed by atoms with van der Waals surface area (Å²) in [5.74, 6) is 1.07. The molecule has 0 saturated carbocycles. The molecule has 19 heavy (non-hydrogen) atoms. The van der Waals surface area contributed by atoms with E-state index in [4.69, 9.17) is 0 Å². The fraction of sp³-hybridized carbons (Fsp3) is 0.846. The minimum atomic E-state index is -0.0823. The van der Waals surface area contributed by atoms with E-state index in [0.29, 0.717) is 6.04 Å². The highest BCUT2D eigenvalue weighted by Crippen LogP contribution is 2.22. The maximum Gasteiger partial charge on any atom is 0.140 e. The zero-order valence-corrected chi connectivity index (χ0v) is 11.6. The summed E-state index contributed by atoms with van der Waals surface area (Å²) in [7, 11) is 0. The summed E-state index contributed by atoms with van der Waals surface area (Å²) in [6.45, 7) is 7.87. The molecule has 0 amide bonds. The molecule has 0 bridgehead atoms. The third kappa shape index (κ3) is 2.80. The number of likely N-dealkylation sites (tertiary alicyclic amines) is 2. The number of aliphatic hydroxyl groups excluding tert-OH is 1. The van der Waals surface area contributed by atoms with Crippen molar-refractivity contribution in [1.29, 1.82) is 0 Å². The first-order valence-electron chi connectivity index (χ1n) is 7.27. The van der Waals surface area contributed by atoms with Crippen molar-refractivity contribution in [3.8, 4) is 0 Å². The highest BCUT2D eigenvalue weighted by molar-refractivity contribution is 4.90. The van der Waals surface area contributed by atoms with Gasteiger partial charge in [0.2, 0.25) is 0 Å². The van der Waals surface area contributed by atoms with Crippen molar-refractivity contribution >= 4 is 0 Å². The number of hydrogen-bond acceptors (Lipinski definition) is 5. The minimum Gasteiger partial charge on any atom is -0.390 e. The van der Waals surface area contributed by atoms with Gasteiger partial charge in [-0.25, -0.2) is 9.67 Å². The van der Waals surface area contributed by atoms with Crippen molar-refractivity contribution in [3.05, 3.63) is 12.2 Å². The average molecular weight is 265 g/mol. The first-order valence-corrected chi connectivity index (χ1v) is 7.27. The van der Waals surface area contributed by atoms with Crippen LogP contribution >= 0.6 is 0 Å². The molecule has 0 radical (unpaired) electrons. The number of aromatic nitrogens is 3. The van der Waals surface area contributed by atoms with Crippen molar-refractivity contribution in [3.63, 3.8) is 0 Å². The van der Waals surface area contributed by atoms with Gasteiger partial charge < -0.3 is 5.11 Å². The maximum atomic E-state index is 9.36. The first kappa shape index (κ1) is 13.0. The van der Waals surface area contributed by atoms with Crippen LogP contribution in [-0.2, 0) is 13.1 Å². The Balaban J connectivity index is 1.48. The molecule has 2 fully saturated rings. The lowest BCUT2D eigenvalue weighted by molar-refractivity contribution is -0.0404. The van der Waals surface area contributed by atoms with Gasteiger partial charge in [0.1, 0.15) is 12.2 Å². The Bertz CT molecular complexity index is 407. The summed E-state index contributed by atoms with van der Waals surface area (Å²) in [4.78, 5) is 9.21. The van der Waals surface area contributed by atoms with E-state index < -0.39 is 0 Å². The maximum absolute atomic E-state index is 9.36. The zero-order chi connectivity index (χ0) is 13.2. The molecule has 2 aliphatic heterocycles. The van der Waals surface area contributed by atoms with Gasteiger partial charge in [-0.3, -0.25) is 9.80 Å². The van der Waals surface area contributed by atoms with Crippen molar-refractivity contribution in [2.75, 3.05) is 26.2 Å². The standard InChI is InChI=1S/C13H23N5O/c1-2-18-13(14-10-15-18)9-16-5-3-11(4-6-16)17-7-12(19)8-17/h10-12,19H,2-9H2,1H3. The monoisotopic (exact) mass is 265 g/mol. The summed E-state index contributed by atoms with van der Waals surface area (Å²) in [5.41, 5.74) is 0. The van der Waals surface area contributed by atoms with Crippen LogP contribution in [0.5, 0.6) is 0 Å². The Morgan fingerprint density at radius 2 is 2.05 bits per heavy atom. The lowest BCUT2D eigenvalue weighted by Crippen LogP contribution is -2.57. The van der Waals surface area contributed by atoms with Crippen LogP contribution < -0.4 is 0 Å². The Morgan fingerprint density at radius 3 is 2.68 bits per heavy atom. The molecular formula is C13H23N5O. The van der Waals surface area contributed by atoms with E-state index >= 15 is 0 Å². The van der Waals surface area contributed by atoms with E-state index in [1.54, 1.807) is 6.33 Å². The molecule has 0 spiro atoms. The van der Waals surface area contributed by atoms with Crippen LogP contribution in [0, 0.1) is 0 Å². The molecule has 1 aromatic rings. The molecule has 2 aliphatic rings. The van der Waals surface area contributed by atoms with Crippen LogP contribution in [0.4, 0.5) is 0 Å². The molecule has 3 heterocycles. The van der Waals surface area contributed by atoms with Gasteiger partial charge in [0, 0.05) is 38.8 Å². The predicted molar refractivity (Wildman–Crippen MR) is 71.6 cm³/mol. The number of nitrogens with zero attached hydrogens (tertiary/aromatic N) is 5. The van der Waals surface area contributed by atoms with Crippen LogP contribution in [0.25, 0.3) is 0 Å². The molecule has 0 aliphatic carbocycles. The zero-order valence-electron chi connectivity index (χ0n) is 11.6. The Morgan fingerprint density at radius 1 is 1.32 bits per heavy atom. The van der Waals surface area contributed by atoms with E-state index in [0.717, 1.165) is 45.1 Å². The summed E-state index contributed by atoms with van der Waals surface area (Å²) in [6.07, 6.45) is 3.97. The van der Waals surface area contributed by atoms with E-state index in [-0.39, 0.29) is 6.10 Å². The van der Waals surface area contributed by atoms with Gasteiger partial charge in [-0.15, -0.1) is 0 Å². The largest absolute Gasteiger partial charge is 0.390 e. The Hall–Kier alpha value is -0.980. The molecule has 6 nitrogen and oxygen atoms in total. The van der Waals surface area contributed by atoms with E-state index in [2.05, 4.69) is 26.8 Å². The topological polar surface area (TPSA) is 57.4 Å². The van der Waals surface area contributed by atoms with Crippen LogP contribution in [0.2, 0.25) is 0 Å². The number of aliphatic hydroxyl groups is 1. The second-order valence-corrected chi connectivity index (χ2v) is 5.61. The number of β-amino-alcohol motifs (C(OH)–C–C–N with tert-alkyl or cyclic N) is 1. The first-order chi connectivity index (χ1) is 9.26. The van der Waals surface area contributed by atoms with Gasteiger partial charge in [-0.1, -0.05) is 0 Å². The number of rotatable bonds is 4. The van der Waals surface area contributed by atoms with Crippen LogP contribution in [-0.4, -0.2) is 68.0 Å². The van der Waals surface area contributed by atoms with Gasteiger partial charge >= 0.3 is 0 Å². The highest BCUT2D eigenvalue weighted by Gasteiger charge is 2.32. The van der Waals surface area contributed by atoms with Gasteiger partial charge in [-0.2, -0.15) is 5.10 Å². The summed E-state index contributed by atoms with van der Waals surface area (Å²) in [6, 6.07) is 0.670. The lowest BCUT2D eigenvalue weighted by atomic mass is 9.98. The molecule has 6 heteroatoms. The van der Waals surface area contributed by atoms with Gasteiger partial charge in [0.05, 0.1) is 12.6 Å². The molecular weight excluding hydrogens is 242 g/mol. The van der Waals surface area contributed by atoms with E-state index in [9.17, 15) is 5.11 Å². The van der Waals surface area contributed by atoms with Crippen molar-refractivity contribution in [2.24, 2.45) is 0 Å². The molecule has 0 unspecified atom stereocenters.